The van der Waals surface area contributed by atoms with E-state index in [0.29, 0.717) is 0 Å². The number of phenolic OH excluding ortho intramolecular Hbond substituents is 1. The molecule has 0 amide bonds. The Labute approximate surface area is 71.7 Å². The van der Waals surface area contributed by atoms with Crippen molar-refractivity contribution in [3.05, 3.63) is 28.8 Å². The summed E-state index contributed by atoms with van der Waals surface area (Å²) in [7, 11) is 0. The zero-order chi connectivity index (χ0) is 9.14. The van der Waals surface area contributed by atoms with E-state index in [2.05, 4.69) is 4.84 Å². The number of aromatic hydroxyl groups is 1. The third kappa shape index (κ3) is 1.57. The summed E-state index contributed by atoms with van der Waals surface area (Å²) in [6, 6.07) is 3.52. The highest BCUT2D eigenvalue weighted by atomic mass is 16.6. The molecule has 0 aliphatic rings. The first-order valence-corrected chi connectivity index (χ1v) is 3.76. The summed E-state index contributed by atoms with van der Waals surface area (Å²) in [6.07, 6.45) is 0. The molecule has 0 heterocycles. The molecule has 0 bridgehead atoms. The van der Waals surface area contributed by atoms with Crippen LogP contribution < -0.4 is 5.90 Å². The largest absolute Gasteiger partial charge is 0.508 e. The summed E-state index contributed by atoms with van der Waals surface area (Å²) < 4.78 is 0. The van der Waals surface area contributed by atoms with Crippen molar-refractivity contribution in [1.82, 2.24) is 0 Å². The zero-order valence-corrected chi connectivity index (χ0v) is 7.29. The van der Waals surface area contributed by atoms with E-state index in [1.165, 1.54) is 0 Å². The van der Waals surface area contributed by atoms with E-state index in [0.717, 1.165) is 16.7 Å². The van der Waals surface area contributed by atoms with Crippen molar-refractivity contribution in [3.63, 3.8) is 0 Å². The molecule has 0 spiro atoms. The molecule has 0 radical (unpaired) electrons. The van der Waals surface area contributed by atoms with Crippen LogP contribution in [0.25, 0.3) is 0 Å². The average molecular weight is 167 g/mol. The van der Waals surface area contributed by atoms with Crippen molar-refractivity contribution in [2.75, 3.05) is 0 Å². The molecule has 1 rings (SSSR count). The molecule has 1 aromatic rings. The maximum absolute atomic E-state index is 9.41. The van der Waals surface area contributed by atoms with Crippen molar-refractivity contribution < 1.29 is 9.94 Å². The second-order valence-corrected chi connectivity index (χ2v) is 2.82. The van der Waals surface area contributed by atoms with E-state index >= 15 is 0 Å². The summed E-state index contributed by atoms with van der Waals surface area (Å²) in [6.45, 7) is 4.16. The minimum Gasteiger partial charge on any atom is -0.508 e. The third-order valence-corrected chi connectivity index (χ3v) is 2.07. The van der Waals surface area contributed by atoms with Gasteiger partial charge in [-0.25, -0.2) is 5.90 Å². The minimum atomic E-state index is 0.239. The van der Waals surface area contributed by atoms with Crippen LogP contribution in [0, 0.1) is 13.8 Å². The van der Waals surface area contributed by atoms with E-state index in [-0.39, 0.29) is 12.4 Å². The first-order chi connectivity index (χ1) is 5.66. The summed E-state index contributed by atoms with van der Waals surface area (Å²) in [5, 5.41) is 9.41. The molecule has 3 heteroatoms. The van der Waals surface area contributed by atoms with E-state index in [1.807, 2.05) is 19.9 Å². The number of nitrogens with two attached hydrogens (primary N) is 1. The molecule has 3 nitrogen and oxygen atoms in total. The molecule has 0 aliphatic carbocycles. The molecule has 0 aliphatic heterocycles. The zero-order valence-electron chi connectivity index (χ0n) is 7.29. The molecule has 66 valence electrons. The molecule has 0 atom stereocenters. The molecular formula is C9H13NO2. The van der Waals surface area contributed by atoms with Crippen LogP contribution in [0.1, 0.15) is 16.7 Å². The van der Waals surface area contributed by atoms with E-state index in [1.54, 1.807) is 6.07 Å². The molecule has 3 N–H and O–H groups in total. The number of rotatable bonds is 2. The van der Waals surface area contributed by atoms with Gasteiger partial charge in [0.05, 0.1) is 6.61 Å². The second kappa shape index (κ2) is 3.56. The fraction of sp³-hybridized carbons (Fsp3) is 0.333. The average Bonchev–Trinajstić information content (AvgIpc) is 2.06. The maximum atomic E-state index is 9.41. The van der Waals surface area contributed by atoms with Crippen molar-refractivity contribution in [1.29, 1.82) is 0 Å². The Balaban J connectivity index is 3.14. The normalized spacial score (nSPS) is 10.2. The molecule has 0 saturated carbocycles. The summed E-state index contributed by atoms with van der Waals surface area (Å²) in [4.78, 5) is 4.48. The Bertz CT molecular complexity index is 284. The smallest absolute Gasteiger partial charge is 0.121 e. The van der Waals surface area contributed by atoms with Gasteiger partial charge in [0.2, 0.25) is 0 Å². The van der Waals surface area contributed by atoms with Gasteiger partial charge in [-0.3, -0.25) is 4.84 Å². The Morgan fingerprint density at radius 3 is 2.67 bits per heavy atom. The highest BCUT2D eigenvalue weighted by Gasteiger charge is 2.06. The van der Waals surface area contributed by atoms with Gasteiger partial charge in [0.15, 0.2) is 0 Å². The Kier molecular flexibility index (Phi) is 2.68. The second-order valence-electron chi connectivity index (χ2n) is 2.82. The van der Waals surface area contributed by atoms with E-state index in [4.69, 9.17) is 5.90 Å². The van der Waals surface area contributed by atoms with Crippen LogP contribution in [0.5, 0.6) is 5.75 Å². The van der Waals surface area contributed by atoms with Crippen molar-refractivity contribution in [2.45, 2.75) is 20.5 Å². The molecule has 1 aromatic carbocycles. The van der Waals surface area contributed by atoms with Gasteiger partial charge in [-0.2, -0.15) is 0 Å². The van der Waals surface area contributed by atoms with Crippen LogP contribution >= 0.6 is 0 Å². The van der Waals surface area contributed by atoms with Gasteiger partial charge < -0.3 is 5.11 Å². The lowest BCUT2D eigenvalue weighted by molar-refractivity contribution is 0.121. The molecule has 0 saturated heterocycles. The van der Waals surface area contributed by atoms with Gasteiger partial charge in [0.25, 0.3) is 0 Å². The number of phenols is 1. The molecule has 0 unspecified atom stereocenters. The first kappa shape index (κ1) is 9.03. The molecule has 12 heavy (non-hydrogen) atoms. The van der Waals surface area contributed by atoms with Crippen LogP contribution in [0.2, 0.25) is 0 Å². The standard InChI is InChI=1S/C9H13NO2/c1-6-3-4-9(11)8(5-12-10)7(6)2/h3-4,11H,5,10H2,1-2H3. The predicted octanol–water partition coefficient (Wildman–Crippen LogP) is 1.40. The van der Waals surface area contributed by atoms with Crippen LogP contribution in [0.3, 0.4) is 0 Å². The maximum Gasteiger partial charge on any atom is 0.121 e. The van der Waals surface area contributed by atoms with E-state index < -0.39 is 0 Å². The lowest BCUT2D eigenvalue weighted by Crippen LogP contribution is -2.01. The number of benzene rings is 1. The minimum absolute atomic E-state index is 0.239. The summed E-state index contributed by atoms with van der Waals surface area (Å²) in [5.74, 6) is 5.18. The topological polar surface area (TPSA) is 55.5 Å². The van der Waals surface area contributed by atoms with Gasteiger partial charge >= 0.3 is 0 Å². The van der Waals surface area contributed by atoms with Crippen LogP contribution in [-0.4, -0.2) is 5.11 Å². The fourth-order valence-electron chi connectivity index (χ4n) is 1.13. The molecule has 0 fully saturated rings. The van der Waals surface area contributed by atoms with Gasteiger partial charge in [-0.1, -0.05) is 6.07 Å². The quantitative estimate of drug-likeness (QED) is 0.654. The molecule has 0 aromatic heterocycles. The molecular weight excluding hydrogens is 154 g/mol. The number of aryl methyl sites for hydroxylation is 1. The monoisotopic (exact) mass is 167 g/mol. The highest BCUT2D eigenvalue weighted by molar-refractivity contribution is 5.42. The fourth-order valence-corrected chi connectivity index (χ4v) is 1.13. The lowest BCUT2D eigenvalue weighted by atomic mass is 10.0. The highest BCUT2D eigenvalue weighted by Crippen LogP contribution is 2.23. The van der Waals surface area contributed by atoms with Crippen molar-refractivity contribution >= 4 is 0 Å². The predicted molar refractivity (Wildman–Crippen MR) is 46.6 cm³/mol. The summed E-state index contributed by atoms with van der Waals surface area (Å²) in [5.41, 5.74) is 2.91. The summed E-state index contributed by atoms with van der Waals surface area (Å²) >= 11 is 0. The van der Waals surface area contributed by atoms with Crippen LogP contribution in [0.4, 0.5) is 0 Å². The number of hydrogen-bond donors (Lipinski definition) is 2. The van der Waals surface area contributed by atoms with Crippen LogP contribution in [-0.2, 0) is 11.4 Å². The van der Waals surface area contributed by atoms with Gasteiger partial charge in [-0.05, 0) is 31.0 Å². The lowest BCUT2D eigenvalue weighted by Gasteiger charge is -2.08. The van der Waals surface area contributed by atoms with Crippen molar-refractivity contribution in [3.8, 4) is 5.75 Å². The van der Waals surface area contributed by atoms with Gasteiger partial charge in [-0.15, -0.1) is 0 Å². The van der Waals surface area contributed by atoms with Crippen molar-refractivity contribution in [2.24, 2.45) is 5.90 Å². The van der Waals surface area contributed by atoms with Gasteiger partial charge in [0.1, 0.15) is 5.75 Å². The Hall–Kier alpha value is -1.06. The first-order valence-electron chi connectivity index (χ1n) is 3.76. The Morgan fingerprint density at radius 2 is 2.08 bits per heavy atom. The Morgan fingerprint density at radius 1 is 1.42 bits per heavy atom. The van der Waals surface area contributed by atoms with Gasteiger partial charge in [0, 0.05) is 5.56 Å². The van der Waals surface area contributed by atoms with Crippen LogP contribution in [0.15, 0.2) is 12.1 Å². The SMILES string of the molecule is Cc1ccc(O)c(CON)c1C. The third-order valence-electron chi connectivity index (χ3n) is 2.07. The number of hydrogen-bond acceptors (Lipinski definition) is 3. The van der Waals surface area contributed by atoms with E-state index in [9.17, 15) is 5.11 Å².